The van der Waals surface area contributed by atoms with Crippen LogP contribution in [0.5, 0.6) is 0 Å². The van der Waals surface area contributed by atoms with Gasteiger partial charge in [0.1, 0.15) is 0 Å². The smallest absolute Gasteiger partial charge is 0.226 e. The van der Waals surface area contributed by atoms with Gasteiger partial charge < -0.3 is 5.32 Å². The molecule has 0 rings (SSSR count). The lowest BCUT2D eigenvalue weighted by molar-refractivity contribution is -0.123. The van der Waals surface area contributed by atoms with E-state index >= 15 is 0 Å². The topological polar surface area (TPSA) is 29.1 Å². The van der Waals surface area contributed by atoms with Crippen LogP contribution in [0.3, 0.4) is 0 Å². The summed E-state index contributed by atoms with van der Waals surface area (Å²) in [5.74, 6) is 0.0916. The number of carbonyl (C=O) groups is 1. The van der Waals surface area contributed by atoms with Gasteiger partial charge in [0.05, 0.1) is 0 Å². The van der Waals surface area contributed by atoms with Gasteiger partial charge >= 0.3 is 0 Å². The molecule has 0 aromatic heterocycles. The summed E-state index contributed by atoms with van der Waals surface area (Å²) in [6, 6.07) is 0. The summed E-state index contributed by atoms with van der Waals surface area (Å²) in [4.78, 5) is 11.4. The van der Waals surface area contributed by atoms with Crippen LogP contribution >= 0.6 is 0 Å². The van der Waals surface area contributed by atoms with Crippen LogP contribution in [0.15, 0.2) is 23.4 Å². The highest BCUT2D eigenvalue weighted by atomic mass is 16.1. The van der Waals surface area contributed by atoms with Crippen molar-refractivity contribution in [2.45, 2.75) is 34.6 Å². The zero-order chi connectivity index (χ0) is 10.4. The van der Waals surface area contributed by atoms with Gasteiger partial charge in [-0.15, -0.1) is 0 Å². The van der Waals surface area contributed by atoms with Crippen LogP contribution in [0.2, 0.25) is 0 Å². The summed E-state index contributed by atoms with van der Waals surface area (Å²) in [5.41, 5.74) is 2.02. The largest absolute Gasteiger partial charge is 0.326 e. The third kappa shape index (κ3) is 4.51. The summed E-state index contributed by atoms with van der Waals surface area (Å²) < 4.78 is 0. The Morgan fingerprint density at radius 1 is 1.31 bits per heavy atom. The normalized spacial score (nSPS) is 10.6. The number of hydrogen-bond acceptors (Lipinski definition) is 1. The molecule has 0 heterocycles. The number of nitrogens with one attached hydrogen (secondary N) is 1. The highest BCUT2D eigenvalue weighted by Crippen LogP contribution is 2.03. The Hall–Kier alpha value is -1.05. The SMILES string of the molecule is CC=CC(NC(=O)C(C)C)=C(C)C. The zero-order valence-corrected chi connectivity index (χ0v) is 9.14. The first kappa shape index (κ1) is 11.9. The summed E-state index contributed by atoms with van der Waals surface area (Å²) in [5, 5.41) is 2.87. The Morgan fingerprint density at radius 3 is 2.15 bits per heavy atom. The highest BCUT2D eigenvalue weighted by Gasteiger charge is 2.07. The van der Waals surface area contributed by atoms with Crippen LogP contribution in [0.4, 0.5) is 0 Å². The number of amides is 1. The molecule has 0 fully saturated rings. The average molecular weight is 181 g/mol. The third-order valence-corrected chi connectivity index (χ3v) is 1.65. The number of allylic oxidation sites excluding steroid dienone is 3. The zero-order valence-electron chi connectivity index (χ0n) is 9.14. The van der Waals surface area contributed by atoms with Gasteiger partial charge in [-0.3, -0.25) is 4.79 Å². The van der Waals surface area contributed by atoms with Gasteiger partial charge in [-0.05, 0) is 26.8 Å². The van der Waals surface area contributed by atoms with Crippen molar-refractivity contribution in [3.05, 3.63) is 23.4 Å². The maximum absolute atomic E-state index is 11.4. The van der Waals surface area contributed by atoms with Gasteiger partial charge in [-0.1, -0.05) is 25.5 Å². The summed E-state index contributed by atoms with van der Waals surface area (Å²) in [6.07, 6.45) is 3.83. The Labute approximate surface area is 80.7 Å². The van der Waals surface area contributed by atoms with Crippen molar-refractivity contribution in [3.63, 3.8) is 0 Å². The van der Waals surface area contributed by atoms with Crippen LogP contribution in [-0.2, 0) is 4.79 Å². The monoisotopic (exact) mass is 181 g/mol. The number of carbonyl (C=O) groups excluding carboxylic acids is 1. The van der Waals surface area contributed by atoms with E-state index in [1.165, 1.54) is 0 Å². The van der Waals surface area contributed by atoms with Gasteiger partial charge in [-0.2, -0.15) is 0 Å². The second-order valence-electron chi connectivity index (χ2n) is 3.56. The molecule has 0 spiro atoms. The van der Waals surface area contributed by atoms with E-state index in [2.05, 4.69) is 5.32 Å². The first-order valence-electron chi connectivity index (χ1n) is 4.60. The molecule has 0 radical (unpaired) electrons. The van der Waals surface area contributed by atoms with E-state index in [9.17, 15) is 4.79 Å². The molecule has 0 saturated heterocycles. The predicted molar refractivity (Wildman–Crippen MR) is 56.2 cm³/mol. The van der Waals surface area contributed by atoms with Crippen molar-refractivity contribution in [2.24, 2.45) is 5.92 Å². The molecule has 0 aliphatic rings. The molecule has 0 aromatic carbocycles. The molecule has 74 valence electrons. The second kappa shape index (κ2) is 5.57. The minimum Gasteiger partial charge on any atom is -0.326 e. The van der Waals surface area contributed by atoms with Crippen molar-refractivity contribution in [3.8, 4) is 0 Å². The van der Waals surface area contributed by atoms with Crippen molar-refractivity contribution < 1.29 is 4.79 Å². The second-order valence-corrected chi connectivity index (χ2v) is 3.56. The van der Waals surface area contributed by atoms with E-state index in [0.717, 1.165) is 11.3 Å². The van der Waals surface area contributed by atoms with Gasteiger partial charge in [0.2, 0.25) is 5.91 Å². The van der Waals surface area contributed by atoms with Crippen molar-refractivity contribution >= 4 is 5.91 Å². The maximum Gasteiger partial charge on any atom is 0.226 e. The molecule has 0 bridgehead atoms. The molecule has 0 aliphatic carbocycles. The fourth-order valence-electron chi connectivity index (χ4n) is 0.777. The molecule has 0 aliphatic heterocycles. The number of rotatable bonds is 3. The fraction of sp³-hybridized carbons (Fsp3) is 0.545. The Morgan fingerprint density at radius 2 is 1.85 bits per heavy atom. The van der Waals surface area contributed by atoms with E-state index in [1.807, 2.05) is 46.8 Å². The standard InChI is InChI=1S/C11H19NO/c1-6-7-10(8(2)3)12-11(13)9(4)5/h6-7,9H,1-5H3,(H,12,13). The van der Waals surface area contributed by atoms with Crippen LogP contribution in [0.25, 0.3) is 0 Å². The number of hydrogen-bond donors (Lipinski definition) is 1. The van der Waals surface area contributed by atoms with Crippen molar-refractivity contribution in [1.29, 1.82) is 0 Å². The van der Waals surface area contributed by atoms with Gasteiger partial charge in [0, 0.05) is 11.6 Å². The predicted octanol–water partition coefficient (Wildman–Crippen LogP) is 2.63. The Bertz CT molecular complexity index is 232. The first-order chi connectivity index (χ1) is 5.99. The van der Waals surface area contributed by atoms with E-state index in [4.69, 9.17) is 0 Å². The van der Waals surface area contributed by atoms with Crippen LogP contribution in [0.1, 0.15) is 34.6 Å². The van der Waals surface area contributed by atoms with Gasteiger partial charge in [-0.25, -0.2) is 0 Å². The lowest BCUT2D eigenvalue weighted by Gasteiger charge is -2.09. The van der Waals surface area contributed by atoms with Crippen molar-refractivity contribution in [2.75, 3.05) is 0 Å². The summed E-state index contributed by atoms with van der Waals surface area (Å²) in [6.45, 7) is 9.66. The molecule has 0 atom stereocenters. The van der Waals surface area contributed by atoms with Gasteiger partial charge in [0.25, 0.3) is 0 Å². The molecule has 1 amide bonds. The lowest BCUT2D eigenvalue weighted by Crippen LogP contribution is -2.26. The Balaban J connectivity index is 4.47. The quantitative estimate of drug-likeness (QED) is 0.666. The molecule has 1 N–H and O–H groups in total. The van der Waals surface area contributed by atoms with E-state index in [1.54, 1.807) is 0 Å². The van der Waals surface area contributed by atoms with E-state index < -0.39 is 0 Å². The average Bonchev–Trinajstić information content (AvgIpc) is 2.03. The first-order valence-corrected chi connectivity index (χ1v) is 4.60. The lowest BCUT2D eigenvalue weighted by atomic mass is 10.2. The van der Waals surface area contributed by atoms with Crippen LogP contribution < -0.4 is 5.32 Å². The molecule has 13 heavy (non-hydrogen) atoms. The molecule has 0 aromatic rings. The fourth-order valence-corrected chi connectivity index (χ4v) is 0.777. The third-order valence-electron chi connectivity index (χ3n) is 1.65. The van der Waals surface area contributed by atoms with E-state index in [-0.39, 0.29) is 11.8 Å². The Kier molecular flexibility index (Phi) is 5.12. The van der Waals surface area contributed by atoms with Crippen molar-refractivity contribution in [1.82, 2.24) is 5.32 Å². The molecule has 0 unspecified atom stereocenters. The van der Waals surface area contributed by atoms with E-state index in [0.29, 0.717) is 0 Å². The highest BCUT2D eigenvalue weighted by molar-refractivity contribution is 5.80. The molecule has 2 nitrogen and oxygen atoms in total. The van der Waals surface area contributed by atoms with Crippen LogP contribution in [-0.4, -0.2) is 5.91 Å². The molecular weight excluding hydrogens is 162 g/mol. The maximum atomic E-state index is 11.4. The minimum atomic E-state index is 0.0274. The molecule has 2 heteroatoms. The van der Waals surface area contributed by atoms with Gasteiger partial charge in [0.15, 0.2) is 0 Å². The summed E-state index contributed by atoms with van der Waals surface area (Å²) in [7, 11) is 0. The summed E-state index contributed by atoms with van der Waals surface area (Å²) >= 11 is 0. The molecule has 0 saturated carbocycles. The molecular formula is C11H19NO. The minimum absolute atomic E-state index is 0.0274. The van der Waals surface area contributed by atoms with Crippen LogP contribution in [0, 0.1) is 5.92 Å².